The molecule has 0 saturated heterocycles. The standard InChI is InChI=1S/C54H32N4O/c1-2-11-33(12-3-1)34-21-25-39(26-22-34)57-47-27-23-38(31-43(47)44-29-35-13-4-5-14-36(35)32-49(44)57)37-24-28-48-42(30-37)40-15-6-8-18-46(40)58(48)54-55-45-17-10-20-51-52(45)53(56-54)41-16-7-9-19-50(41)59-51/h1-32H. The molecule has 0 radical (unpaired) electrons. The number of aromatic nitrogens is 4. The van der Waals surface area contributed by atoms with Crippen LogP contribution in [0.4, 0.5) is 0 Å². The lowest BCUT2D eigenvalue weighted by Gasteiger charge is -2.20. The van der Waals surface area contributed by atoms with Crippen LogP contribution in [-0.2, 0) is 0 Å². The van der Waals surface area contributed by atoms with Crippen molar-refractivity contribution in [2.24, 2.45) is 0 Å². The van der Waals surface area contributed by atoms with Crippen molar-refractivity contribution in [1.29, 1.82) is 0 Å². The summed E-state index contributed by atoms with van der Waals surface area (Å²) in [6.45, 7) is 0. The van der Waals surface area contributed by atoms with Crippen molar-refractivity contribution in [3.8, 4) is 56.6 Å². The van der Waals surface area contributed by atoms with E-state index in [-0.39, 0.29) is 0 Å². The van der Waals surface area contributed by atoms with Crippen LogP contribution in [0.2, 0.25) is 0 Å². The van der Waals surface area contributed by atoms with Gasteiger partial charge in [-0.2, -0.15) is 0 Å². The maximum Gasteiger partial charge on any atom is 0.235 e. The molecule has 4 heterocycles. The molecule has 0 spiro atoms. The molecule has 1 aliphatic heterocycles. The van der Waals surface area contributed by atoms with Crippen molar-refractivity contribution in [1.82, 2.24) is 19.1 Å². The second kappa shape index (κ2) is 12.2. The minimum absolute atomic E-state index is 0.638. The van der Waals surface area contributed by atoms with E-state index in [4.69, 9.17) is 14.7 Å². The number of hydrogen-bond donors (Lipinski definition) is 0. The van der Waals surface area contributed by atoms with E-state index in [1.54, 1.807) is 0 Å². The van der Waals surface area contributed by atoms with E-state index in [1.807, 2.05) is 36.4 Å². The molecule has 13 rings (SSSR count). The molecule has 274 valence electrons. The molecular formula is C54H32N4O. The molecule has 59 heavy (non-hydrogen) atoms. The summed E-state index contributed by atoms with van der Waals surface area (Å²) in [7, 11) is 0. The van der Waals surface area contributed by atoms with Crippen molar-refractivity contribution in [3.63, 3.8) is 0 Å². The van der Waals surface area contributed by atoms with Crippen LogP contribution < -0.4 is 4.74 Å². The Bertz CT molecular complexity index is 3690. The fraction of sp³-hybridized carbons (Fsp3) is 0. The highest BCUT2D eigenvalue weighted by atomic mass is 16.5. The quantitative estimate of drug-likeness (QED) is 0.180. The second-order valence-electron chi connectivity index (χ2n) is 15.4. The maximum atomic E-state index is 6.30. The molecule has 0 bridgehead atoms. The summed E-state index contributed by atoms with van der Waals surface area (Å²) < 4.78 is 10.9. The van der Waals surface area contributed by atoms with Crippen LogP contribution in [0.1, 0.15) is 0 Å². The molecule has 0 fully saturated rings. The molecule has 5 heteroatoms. The summed E-state index contributed by atoms with van der Waals surface area (Å²) in [5, 5.41) is 8.16. The fourth-order valence-corrected chi connectivity index (χ4v) is 9.35. The minimum Gasteiger partial charge on any atom is -0.456 e. The molecule has 0 N–H and O–H groups in total. The molecule has 3 aromatic heterocycles. The summed E-state index contributed by atoms with van der Waals surface area (Å²) in [5.41, 5.74) is 13.1. The van der Waals surface area contributed by atoms with Gasteiger partial charge in [0.15, 0.2) is 0 Å². The molecule has 9 aromatic carbocycles. The molecule has 1 aliphatic rings. The number of hydrogen-bond acceptors (Lipinski definition) is 3. The molecule has 0 aliphatic carbocycles. The number of nitrogens with zero attached hydrogens (tertiary/aromatic N) is 4. The molecular weight excluding hydrogens is 721 g/mol. The van der Waals surface area contributed by atoms with Crippen LogP contribution in [0, 0.1) is 0 Å². The van der Waals surface area contributed by atoms with Gasteiger partial charge in [-0.05, 0) is 112 Å². The van der Waals surface area contributed by atoms with Gasteiger partial charge in [-0.15, -0.1) is 0 Å². The van der Waals surface area contributed by atoms with E-state index >= 15 is 0 Å². The number of benzene rings is 9. The molecule has 5 nitrogen and oxygen atoms in total. The summed E-state index contributed by atoms with van der Waals surface area (Å²) in [6, 6.07) is 69.3. The Kier molecular flexibility index (Phi) is 6.66. The fourth-order valence-electron chi connectivity index (χ4n) is 9.35. The van der Waals surface area contributed by atoms with E-state index in [9.17, 15) is 0 Å². The molecule has 0 unspecified atom stereocenters. The first-order valence-corrected chi connectivity index (χ1v) is 20.0. The molecule has 0 atom stereocenters. The minimum atomic E-state index is 0.638. The maximum absolute atomic E-state index is 6.30. The van der Waals surface area contributed by atoms with Gasteiger partial charge in [0.1, 0.15) is 11.5 Å². The van der Waals surface area contributed by atoms with Gasteiger partial charge >= 0.3 is 0 Å². The largest absolute Gasteiger partial charge is 0.456 e. The Morgan fingerprint density at radius 3 is 1.81 bits per heavy atom. The lowest BCUT2D eigenvalue weighted by atomic mass is 10.00. The SMILES string of the molecule is c1ccc(-c2ccc(-n3c4ccc(-c5ccc6c(c5)c5ccccc5n6-c5nc6c7c(cccc7n5)Oc5ccccc5-6)cc4c4cc5ccccc5cc43)cc2)cc1. The van der Waals surface area contributed by atoms with E-state index in [0.717, 1.165) is 66.7 Å². The van der Waals surface area contributed by atoms with Crippen LogP contribution >= 0.6 is 0 Å². The smallest absolute Gasteiger partial charge is 0.235 e. The normalized spacial score (nSPS) is 12.2. The third kappa shape index (κ3) is 4.79. The van der Waals surface area contributed by atoms with Gasteiger partial charge in [-0.3, -0.25) is 4.57 Å². The van der Waals surface area contributed by atoms with Crippen LogP contribution in [0.5, 0.6) is 11.5 Å². The summed E-state index contributed by atoms with van der Waals surface area (Å²) in [4.78, 5) is 10.5. The first-order valence-electron chi connectivity index (χ1n) is 20.0. The lowest BCUT2D eigenvalue weighted by molar-refractivity contribution is 0.486. The van der Waals surface area contributed by atoms with E-state index in [0.29, 0.717) is 5.95 Å². The number of rotatable bonds is 4. The first kappa shape index (κ1) is 32.1. The van der Waals surface area contributed by atoms with E-state index in [2.05, 4.69) is 167 Å². The number of ether oxygens (including phenoxy) is 1. The van der Waals surface area contributed by atoms with Crippen molar-refractivity contribution in [2.45, 2.75) is 0 Å². The van der Waals surface area contributed by atoms with Crippen LogP contribution in [0.25, 0.3) is 110 Å². The first-order chi connectivity index (χ1) is 29.2. The predicted octanol–water partition coefficient (Wildman–Crippen LogP) is 14.1. The summed E-state index contributed by atoms with van der Waals surface area (Å²) >= 11 is 0. The van der Waals surface area contributed by atoms with Crippen molar-refractivity contribution >= 4 is 65.3 Å². The monoisotopic (exact) mass is 752 g/mol. The van der Waals surface area contributed by atoms with Crippen LogP contribution in [-0.4, -0.2) is 19.1 Å². The Labute approximate surface area is 338 Å². The zero-order valence-electron chi connectivity index (χ0n) is 31.7. The van der Waals surface area contributed by atoms with E-state index in [1.165, 1.54) is 49.3 Å². The van der Waals surface area contributed by atoms with Gasteiger partial charge in [0.05, 0.1) is 38.7 Å². The van der Waals surface area contributed by atoms with E-state index < -0.39 is 0 Å². The molecule has 12 aromatic rings. The average Bonchev–Trinajstić information content (AvgIpc) is 3.80. The number of fused-ring (bicyclic) bond motifs is 9. The third-order valence-electron chi connectivity index (χ3n) is 12.1. The Hall–Kier alpha value is -8.02. The van der Waals surface area contributed by atoms with Crippen LogP contribution in [0.3, 0.4) is 0 Å². The Balaban J connectivity index is 0.991. The lowest BCUT2D eigenvalue weighted by Crippen LogP contribution is -2.06. The van der Waals surface area contributed by atoms with Crippen LogP contribution in [0.15, 0.2) is 194 Å². The molecule has 0 amide bonds. The third-order valence-corrected chi connectivity index (χ3v) is 12.1. The van der Waals surface area contributed by atoms with Gasteiger partial charge in [0.25, 0.3) is 0 Å². The van der Waals surface area contributed by atoms with Gasteiger partial charge in [-0.1, -0.05) is 115 Å². The van der Waals surface area contributed by atoms with Gasteiger partial charge in [0.2, 0.25) is 5.95 Å². The Morgan fingerprint density at radius 1 is 0.373 bits per heavy atom. The average molecular weight is 753 g/mol. The highest BCUT2D eigenvalue weighted by Crippen LogP contribution is 2.46. The second-order valence-corrected chi connectivity index (χ2v) is 15.4. The topological polar surface area (TPSA) is 44.9 Å². The highest BCUT2D eigenvalue weighted by molar-refractivity contribution is 6.15. The zero-order chi connectivity index (χ0) is 38.6. The molecule has 0 saturated carbocycles. The van der Waals surface area contributed by atoms with Gasteiger partial charge in [-0.25, -0.2) is 9.97 Å². The van der Waals surface area contributed by atoms with Gasteiger partial charge in [0, 0.05) is 32.8 Å². The van der Waals surface area contributed by atoms with Crippen molar-refractivity contribution < 1.29 is 4.74 Å². The highest BCUT2D eigenvalue weighted by Gasteiger charge is 2.25. The van der Waals surface area contributed by atoms with Crippen molar-refractivity contribution in [3.05, 3.63) is 194 Å². The Morgan fingerprint density at radius 2 is 0.983 bits per heavy atom. The summed E-state index contributed by atoms with van der Waals surface area (Å²) in [6.07, 6.45) is 0. The predicted molar refractivity (Wildman–Crippen MR) is 242 cm³/mol. The number of para-hydroxylation sites is 2. The summed E-state index contributed by atoms with van der Waals surface area (Å²) in [5.74, 6) is 2.22. The zero-order valence-corrected chi connectivity index (χ0v) is 31.7. The van der Waals surface area contributed by atoms with Crippen molar-refractivity contribution in [2.75, 3.05) is 0 Å². The van der Waals surface area contributed by atoms with Gasteiger partial charge < -0.3 is 9.30 Å².